The normalized spacial score (nSPS) is 15.3. The predicted octanol–water partition coefficient (Wildman–Crippen LogP) is 1.24. The largest absolute Gasteiger partial charge is 0.497 e. The monoisotopic (exact) mass is 557 g/mol. The standard InChI is InChI=1S/C21H31N7O3.HI/c1-4-22-21(24-12-20(29)23-11-15-5-8-17(31-3)9-6-15)25-16-7-10-19-26-18(14-30-2)27-28(19)13-16;/h5-6,8-9,16H,4,7,10-14H2,1-3H3,(H,23,29)(H2,22,24,25);1H. The van der Waals surface area contributed by atoms with Crippen LogP contribution in [0.1, 0.15) is 30.6 Å². The maximum absolute atomic E-state index is 12.2. The van der Waals surface area contributed by atoms with E-state index in [2.05, 4.69) is 31.0 Å². The van der Waals surface area contributed by atoms with Gasteiger partial charge in [0.05, 0.1) is 13.7 Å². The topological polar surface area (TPSA) is 115 Å². The summed E-state index contributed by atoms with van der Waals surface area (Å²) in [7, 11) is 3.26. The lowest BCUT2D eigenvalue weighted by molar-refractivity contribution is -0.119. The van der Waals surface area contributed by atoms with Gasteiger partial charge in [0.25, 0.3) is 0 Å². The molecule has 1 aromatic heterocycles. The minimum Gasteiger partial charge on any atom is -0.497 e. The minimum atomic E-state index is -0.139. The highest BCUT2D eigenvalue weighted by atomic mass is 127. The number of ether oxygens (including phenoxy) is 2. The molecule has 1 atom stereocenters. The van der Waals surface area contributed by atoms with Crippen molar-refractivity contribution in [3.63, 3.8) is 0 Å². The molecule has 176 valence electrons. The molecule has 3 rings (SSSR count). The van der Waals surface area contributed by atoms with Gasteiger partial charge in [0.2, 0.25) is 5.91 Å². The number of fused-ring (bicyclic) bond motifs is 1. The first-order valence-electron chi connectivity index (χ1n) is 10.5. The molecule has 32 heavy (non-hydrogen) atoms. The number of hydrogen-bond donors (Lipinski definition) is 3. The quantitative estimate of drug-likeness (QED) is 0.242. The van der Waals surface area contributed by atoms with Crippen molar-refractivity contribution in [1.82, 2.24) is 30.7 Å². The Kier molecular flexibility index (Phi) is 10.7. The van der Waals surface area contributed by atoms with Gasteiger partial charge < -0.3 is 25.4 Å². The second-order valence-corrected chi connectivity index (χ2v) is 7.26. The Bertz CT molecular complexity index is 886. The number of methoxy groups -OCH3 is 2. The fourth-order valence-electron chi connectivity index (χ4n) is 3.33. The smallest absolute Gasteiger partial charge is 0.242 e. The van der Waals surface area contributed by atoms with Crippen molar-refractivity contribution in [3.8, 4) is 5.75 Å². The highest BCUT2D eigenvalue weighted by molar-refractivity contribution is 14.0. The summed E-state index contributed by atoms with van der Waals surface area (Å²) < 4.78 is 12.2. The van der Waals surface area contributed by atoms with Gasteiger partial charge in [0.15, 0.2) is 11.8 Å². The van der Waals surface area contributed by atoms with Crippen LogP contribution in [0.2, 0.25) is 0 Å². The summed E-state index contributed by atoms with van der Waals surface area (Å²) in [4.78, 5) is 21.2. The number of carbonyl (C=O) groups excluding carboxylic acids is 1. The first-order chi connectivity index (χ1) is 15.1. The van der Waals surface area contributed by atoms with Crippen LogP contribution in [0, 0.1) is 0 Å². The third-order valence-corrected chi connectivity index (χ3v) is 4.89. The molecule has 10 nitrogen and oxygen atoms in total. The second-order valence-electron chi connectivity index (χ2n) is 7.26. The zero-order valence-electron chi connectivity index (χ0n) is 18.8. The van der Waals surface area contributed by atoms with Gasteiger partial charge in [-0.25, -0.2) is 14.7 Å². The molecule has 2 heterocycles. The number of carbonyl (C=O) groups is 1. The van der Waals surface area contributed by atoms with E-state index in [0.29, 0.717) is 38.0 Å². The van der Waals surface area contributed by atoms with Gasteiger partial charge in [0.1, 0.15) is 24.7 Å². The maximum Gasteiger partial charge on any atom is 0.242 e. The zero-order valence-corrected chi connectivity index (χ0v) is 21.1. The van der Waals surface area contributed by atoms with Gasteiger partial charge in [-0.05, 0) is 31.0 Å². The van der Waals surface area contributed by atoms with Gasteiger partial charge >= 0.3 is 0 Å². The molecule has 0 saturated heterocycles. The lowest BCUT2D eigenvalue weighted by Gasteiger charge is -2.25. The molecule has 1 aliphatic rings. The van der Waals surface area contributed by atoms with Crippen molar-refractivity contribution in [2.75, 3.05) is 27.3 Å². The van der Waals surface area contributed by atoms with Crippen LogP contribution in [-0.2, 0) is 35.6 Å². The highest BCUT2D eigenvalue weighted by Crippen LogP contribution is 2.13. The summed E-state index contributed by atoms with van der Waals surface area (Å²) in [5.41, 5.74) is 1.00. The summed E-state index contributed by atoms with van der Waals surface area (Å²) in [5.74, 6) is 2.95. The fourth-order valence-corrected chi connectivity index (χ4v) is 3.33. The third-order valence-electron chi connectivity index (χ3n) is 4.89. The summed E-state index contributed by atoms with van der Waals surface area (Å²) in [6, 6.07) is 7.75. The summed E-state index contributed by atoms with van der Waals surface area (Å²) >= 11 is 0. The molecule has 0 radical (unpaired) electrons. The maximum atomic E-state index is 12.2. The molecule has 0 fully saturated rings. The minimum absolute atomic E-state index is 0. The van der Waals surface area contributed by atoms with Crippen molar-refractivity contribution in [3.05, 3.63) is 41.5 Å². The van der Waals surface area contributed by atoms with Gasteiger partial charge in [-0.3, -0.25) is 4.79 Å². The first-order valence-corrected chi connectivity index (χ1v) is 10.5. The van der Waals surface area contributed by atoms with E-state index in [1.54, 1.807) is 14.2 Å². The molecular weight excluding hydrogens is 525 g/mol. The second kappa shape index (κ2) is 13.2. The molecule has 0 spiro atoms. The molecule has 0 saturated carbocycles. The Balaban J connectivity index is 0.00000363. The predicted molar refractivity (Wildman–Crippen MR) is 132 cm³/mol. The van der Waals surface area contributed by atoms with E-state index in [1.165, 1.54) is 0 Å². The fraction of sp³-hybridized carbons (Fsp3) is 0.524. The molecule has 0 bridgehead atoms. The third kappa shape index (κ3) is 7.62. The number of nitrogens with zero attached hydrogens (tertiary/aromatic N) is 4. The molecule has 2 aromatic rings. The van der Waals surface area contributed by atoms with Crippen LogP contribution < -0.4 is 20.7 Å². The zero-order chi connectivity index (χ0) is 22.1. The number of aryl methyl sites for hydroxylation is 1. The highest BCUT2D eigenvalue weighted by Gasteiger charge is 2.22. The van der Waals surface area contributed by atoms with Gasteiger partial charge in [0, 0.05) is 32.7 Å². The molecule has 1 aliphatic heterocycles. The number of nitrogens with one attached hydrogen (secondary N) is 3. The number of rotatable bonds is 9. The van der Waals surface area contributed by atoms with Crippen LogP contribution in [-0.4, -0.2) is 60.0 Å². The van der Waals surface area contributed by atoms with Gasteiger partial charge in [-0.2, -0.15) is 5.10 Å². The Morgan fingerprint density at radius 2 is 2.03 bits per heavy atom. The van der Waals surface area contributed by atoms with E-state index in [-0.39, 0.29) is 42.5 Å². The van der Waals surface area contributed by atoms with Crippen LogP contribution in [0.3, 0.4) is 0 Å². The first kappa shape index (κ1) is 25.8. The van der Waals surface area contributed by atoms with Gasteiger partial charge in [-0.15, -0.1) is 24.0 Å². The molecule has 11 heteroatoms. The average Bonchev–Trinajstić information content (AvgIpc) is 3.18. The lowest BCUT2D eigenvalue weighted by atomic mass is 10.1. The Morgan fingerprint density at radius 3 is 2.72 bits per heavy atom. The number of aliphatic imine (C=N–C) groups is 1. The lowest BCUT2D eigenvalue weighted by Crippen LogP contribution is -2.47. The van der Waals surface area contributed by atoms with Crippen molar-refractivity contribution in [2.45, 2.75) is 45.5 Å². The van der Waals surface area contributed by atoms with Crippen LogP contribution >= 0.6 is 24.0 Å². The number of benzene rings is 1. The molecule has 1 aromatic carbocycles. The Morgan fingerprint density at radius 1 is 1.25 bits per heavy atom. The van der Waals surface area contributed by atoms with E-state index in [9.17, 15) is 4.79 Å². The van der Waals surface area contributed by atoms with Gasteiger partial charge in [-0.1, -0.05) is 12.1 Å². The van der Waals surface area contributed by atoms with E-state index < -0.39 is 0 Å². The Hall–Kier alpha value is -2.41. The molecular formula is C21H32IN7O3. The van der Waals surface area contributed by atoms with Crippen molar-refractivity contribution in [1.29, 1.82) is 0 Å². The van der Waals surface area contributed by atoms with E-state index >= 15 is 0 Å². The SMILES string of the molecule is CCNC(=NCC(=O)NCc1ccc(OC)cc1)NC1CCc2nc(COC)nn2C1.I. The number of halogens is 1. The number of guanidine groups is 1. The summed E-state index contributed by atoms with van der Waals surface area (Å²) in [6.07, 6.45) is 1.75. The van der Waals surface area contributed by atoms with E-state index in [1.807, 2.05) is 35.9 Å². The molecule has 1 amide bonds. The number of amides is 1. The molecule has 0 aliphatic carbocycles. The van der Waals surface area contributed by atoms with E-state index in [4.69, 9.17) is 9.47 Å². The van der Waals surface area contributed by atoms with Crippen molar-refractivity contribution >= 4 is 35.8 Å². The molecule has 3 N–H and O–H groups in total. The Labute approximate surface area is 205 Å². The van der Waals surface area contributed by atoms with Crippen molar-refractivity contribution < 1.29 is 14.3 Å². The van der Waals surface area contributed by atoms with Crippen LogP contribution in [0.4, 0.5) is 0 Å². The van der Waals surface area contributed by atoms with Crippen LogP contribution in [0.15, 0.2) is 29.3 Å². The summed E-state index contributed by atoms with van der Waals surface area (Å²) in [6.45, 7) is 4.30. The average molecular weight is 557 g/mol. The summed E-state index contributed by atoms with van der Waals surface area (Å²) in [5, 5.41) is 14.0. The van der Waals surface area contributed by atoms with Crippen LogP contribution in [0.25, 0.3) is 0 Å². The van der Waals surface area contributed by atoms with Crippen LogP contribution in [0.5, 0.6) is 5.75 Å². The number of hydrogen-bond acceptors (Lipinski definition) is 6. The van der Waals surface area contributed by atoms with E-state index in [0.717, 1.165) is 30.0 Å². The van der Waals surface area contributed by atoms with Crippen molar-refractivity contribution in [2.24, 2.45) is 4.99 Å². The molecule has 1 unspecified atom stereocenters. The number of aromatic nitrogens is 3.